The molecule has 1 aromatic heterocycles. The van der Waals surface area contributed by atoms with Crippen LogP contribution in [0.15, 0.2) is 16.5 Å². The summed E-state index contributed by atoms with van der Waals surface area (Å²) >= 11 is 0. The van der Waals surface area contributed by atoms with Gasteiger partial charge in [-0.1, -0.05) is 0 Å². The smallest absolute Gasteiger partial charge is 0.234 e. The molecule has 1 aliphatic rings. The number of primary amides is 1. The van der Waals surface area contributed by atoms with Gasteiger partial charge in [0.05, 0.1) is 12.6 Å². The van der Waals surface area contributed by atoms with Crippen molar-refractivity contribution in [3.05, 3.63) is 23.7 Å². The lowest BCUT2D eigenvalue weighted by Gasteiger charge is -2.20. The molecule has 1 fully saturated rings. The summed E-state index contributed by atoms with van der Waals surface area (Å²) in [6.07, 6.45) is 2.44. The van der Waals surface area contributed by atoms with Crippen LogP contribution in [0.1, 0.15) is 29.2 Å². The number of hydrogen-bond donors (Lipinski definition) is 1. The third kappa shape index (κ3) is 2.14. The molecule has 2 heterocycles. The predicted molar refractivity (Wildman–Crippen MR) is 56.7 cm³/mol. The quantitative estimate of drug-likeness (QED) is 0.754. The number of aldehydes is 1. The van der Waals surface area contributed by atoms with E-state index in [1.165, 1.54) is 0 Å². The minimum Gasteiger partial charge on any atom is -0.457 e. The van der Waals surface area contributed by atoms with Crippen LogP contribution in [-0.4, -0.2) is 29.7 Å². The second-order valence-corrected chi connectivity index (χ2v) is 3.95. The number of furan rings is 1. The second-order valence-electron chi connectivity index (χ2n) is 3.95. The lowest BCUT2D eigenvalue weighted by Crippen LogP contribution is -2.39. The molecule has 2 rings (SSSR count). The number of amides is 1. The molecule has 0 spiro atoms. The highest BCUT2D eigenvalue weighted by Gasteiger charge is 2.29. The van der Waals surface area contributed by atoms with E-state index in [-0.39, 0.29) is 11.9 Å². The lowest BCUT2D eigenvalue weighted by molar-refractivity contribution is -0.122. The Hall–Kier alpha value is -1.62. The number of carbonyl (C=O) groups is 2. The van der Waals surface area contributed by atoms with Gasteiger partial charge in [-0.05, 0) is 31.5 Å². The monoisotopic (exact) mass is 222 g/mol. The fourth-order valence-electron chi connectivity index (χ4n) is 2.08. The number of hydrogen-bond acceptors (Lipinski definition) is 4. The summed E-state index contributed by atoms with van der Waals surface area (Å²) < 4.78 is 5.26. The van der Waals surface area contributed by atoms with Crippen molar-refractivity contribution in [1.82, 2.24) is 4.90 Å². The fraction of sp³-hybridized carbons (Fsp3) is 0.455. The molecule has 1 amide bonds. The zero-order chi connectivity index (χ0) is 11.5. The maximum atomic E-state index is 11.2. The van der Waals surface area contributed by atoms with Gasteiger partial charge in [0.25, 0.3) is 0 Å². The summed E-state index contributed by atoms with van der Waals surface area (Å²) in [5.74, 6) is 0.708. The van der Waals surface area contributed by atoms with E-state index in [1.54, 1.807) is 12.1 Å². The average Bonchev–Trinajstić information content (AvgIpc) is 2.87. The predicted octanol–water partition coefficient (Wildman–Crippen LogP) is 0.542. The van der Waals surface area contributed by atoms with Crippen molar-refractivity contribution in [2.75, 3.05) is 6.54 Å². The van der Waals surface area contributed by atoms with Crippen LogP contribution in [-0.2, 0) is 11.3 Å². The van der Waals surface area contributed by atoms with Crippen LogP contribution >= 0.6 is 0 Å². The second kappa shape index (κ2) is 4.49. The van der Waals surface area contributed by atoms with Gasteiger partial charge < -0.3 is 10.2 Å². The largest absolute Gasteiger partial charge is 0.457 e. The van der Waals surface area contributed by atoms with Crippen LogP contribution in [0.4, 0.5) is 0 Å². The molecule has 86 valence electrons. The van der Waals surface area contributed by atoms with E-state index in [0.29, 0.717) is 24.4 Å². The summed E-state index contributed by atoms with van der Waals surface area (Å²) in [4.78, 5) is 23.6. The van der Waals surface area contributed by atoms with Crippen molar-refractivity contribution in [1.29, 1.82) is 0 Å². The molecule has 1 saturated heterocycles. The zero-order valence-corrected chi connectivity index (χ0v) is 8.89. The van der Waals surface area contributed by atoms with Gasteiger partial charge in [-0.3, -0.25) is 14.5 Å². The summed E-state index contributed by atoms with van der Waals surface area (Å²) in [6.45, 7) is 1.37. The third-order valence-electron chi connectivity index (χ3n) is 2.85. The summed E-state index contributed by atoms with van der Waals surface area (Å²) in [5.41, 5.74) is 5.31. The Morgan fingerprint density at radius 3 is 3.06 bits per heavy atom. The number of carbonyl (C=O) groups excluding carboxylic acids is 2. The van der Waals surface area contributed by atoms with Crippen LogP contribution in [0.3, 0.4) is 0 Å². The average molecular weight is 222 g/mol. The first kappa shape index (κ1) is 10.9. The zero-order valence-electron chi connectivity index (χ0n) is 8.89. The topological polar surface area (TPSA) is 76.5 Å². The number of nitrogens with two attached hydrogens (primary N) is 1. The molecule has 0 bridgehead atoms. The van der Waals surface area contributed by atoms with Gasteiger partial charge in [0, 0.05) is 0 Å². The van der Waals surface area contributed by atoms with Gasteiger partial charge >= 0.3 is 0 Å². The molecule has 16 heavy (non-hydrogen) atoms. The summed E-state index contributed by atoms with van der Waals surface area (Å²) in [7, 11) is 0. The number of likely N-dealkylation sites (tertiary alicyclic amines) is 1. The van der Waals surface area contributed by atoms with Crippen LogP contribution in [0.2, 0.25) is 0 Å². The molecular weight excluding hydrogens is 208 g/mol. The number of nitrogens with zero attached hydrogens (tertiary/aromatic N) is 1. The highest BCUT2D eigenvalue weighted by atomic mass is 16.3. The van der Waals surface area contributed by atoms with Crippen molar-refractivity contribution in [3.8, 4) is 0 Å². The molecular formula is C11H14N2O3. The first-order valence-corrected chi connectivity index (χ1v) is 5.28. The molecule has 1 aliphatic heterocycles. The first-order chi connectivity index (χ1) is 7.70. The standard InChI is InChI=1S/C11H14N2O3/c12-11(15)10-2-1-5-13(10)6-8-3-4-9(7-14)16-8/h3-4,7,10H,1-2,5-6H2,(H2,12,15). The van der Waals surface area contributed by atoms with E-state index in [4.69, 9.17) is 10.2 Å². The van der Waals surface area contributed by atoms with Gasteiger partial charge in [-0.2, -0.15) is 0 Å². The van der Waals surface area contributed by atoms with Crippen LogP contribution in [0, 0.1) is 0 Å². The maximum Gasteiger partial charge on any atom is 0.234 e. The van der Waals surface area contributed by atoms with E-state index in [2.05, 4.69) is 0 Å². The van der Waals surface area contributed by atoms with Gasteiger partial charge in [-0.15, -0.1) is 0 Å². The van der Waals surface area contributed by atoms with Crippen molar-refractivity contribution in [2.24, 2.45) is 5.73 Å². The van der Waals surface area contributed by atoms with Crippen molar-refractivity contribution >= 4 is 12.2 Å². The Balaban J connectivity index is 2.03. The van der Waals surface area contributed by atoms with Crippen molar-refractivity contribution < 1.29 is 14.0 Å². The summed E-state index contributed by atoms with van der Waals surface area (Å²) in [5, 5.41) is 0. The summed E-state index contributed by atoms with van der Waals surface area (Å²) in [6, 6.07) is 3.17. The Bertz CT molecular complexity index is 400. The fourth-order valence-corrected chi connectivity index (χ4v) is 2.08. The Morgan fingerprint density at radius 1 is 1.62 bits per heavy atom. The minimum absolute atomic E-state index is 0.204. The number of rotatable bonds is 4. The Morgan fingerprint density at radius 2 is 2.44 bits per heavy atom. The van der Waals surface area contributed by atoms with Gasteiger partial charge in [0.15, 0.2) is 12.0 Å². The normalized spacial score (nSPS) is 21.1. The molecule has 5 heteroatoms. The minimum atomic E-state index is -0.292. The maximum absolute atomic E-state index is 11.2. The highest BCUT2D eigenvalue weighted by Crippen LogP contribution is 2.20. The van der Waals surface area contributed by atoms with E-state index >= 15 is 0 Å². The van der Waals surface area contributed by atoms with E-state index in [1.807, 2.05) is 4.90 Å². The Kier molecular flexibility index (Phi) is 3.05. The van der Waals surface area contributed by atoms with Crippen LogP contribution < -0.4 is 5.73 Å². The van der Waals surface area contributed by atoms with Gasteiger partial charge in [0.2, 0.25) is 5.91 Å². The van der Waals surface area contributed by atoms with Crippen LogP contribution in [0.5, 0.6) is 0 Å². The van der Waals surface area contributed by atoms with Crippen molar-refractivity contribution in [3.63, 3.8) is 0 Å². The molecule has 0 radical (unpaired) electrons. The molecule has 0 saturated carbocycles. The first-order valence-electron chi connectivity index (χ1n) is 5.28. The third-order valence-corrected chi connectivity index (χ3v) is 2.85. The van der Waals surface area contributed by atoms with Crippen LogP contribution in [0.25, 0.3) is 0 Å². The molecule has 0 aromatic carbocycles. The molecule has 1 unspecified atom stereocenters. The molecule has 1 aromatic rings. The molecule has 0 aliphatic carbocycles. The Labute approximate surface area is 93.2 Å². The lowest BCUT2D eigenvalue weighted by atomic mass is 10.2. The van der Waals surface area contributed by atoms with Gasteiger partial charge in [0.1, 0.15) is 5.76 Å². The SMILES string of the molecule is NC(=O)C1CCCN1Cc1ccc(C=O)o1. The van der Waals surface area contributed by atoms with E-state index in [9.17, 15) is 9.59 Å². The van der Waals surface area contributed by atoms with E-state index in [0.717, 1.165) is 19.4 Å². The highest BCUT2D eigenvalue weighted by molar-refractivity contribution is 5.80. The molecule has 2 N–H and O–H groups in total. The van der Waals surface area contributed by atoms with Crippen molar-refractivity contribution in [2.45, 2.75) is 25.4 Å². The van der Waals surface area contributed by atoms with E-state index < -0.39 is 0 Å². The molecule has 1 atom stereocenters. The molecule has 5 nitrogen and oxygen atoms in total. The van der Waals surface area contributed by atoms with Gasteiger partial charge in [-0.25, -0.2) is 0 Å².